The van der Waals surface area contributed by atoms with Crippen molar-refractivity contribution in [2.75, 3.05) is 11.8 Å². The van der Waals surface area contributed by atoms with Gasteiger partial charge in [0.2, 0.25) is 0 Å². The number of methoxy groups -OCH3 is 1. The van der Waals surface area contributed by atoms with Crippen LogP contribution in [-0.2, 0) is 10.0 Å². The molecule has 0 bridgehead atoms. The van der Waals surface area contributed by atoms with E-state index < -0.39 is 10.0 Å². The zero-order valence-electron chi connectivity index (χ0n) is 16.4. The monoisotopic (exact) mass is 402 g/mol. The first-order chi connectivity index (χ1) is 13.3. The average Bonchev–Trinajstić information content (AvgIpc) is 2.68. The molecule has 0 saturated carbocycles. The molecular weight excluding hydrogens is 376 g/mol. The standard InChI is InChI=1S/C21H26N2O4S/c1-15-6-4-7-16(2)23(15)21(24)17-8-5-9-20(14-17)28(25,26)22-18-10-12-19(27-3)13-11-18/h5,8-16,22H,4,6-7H2,1-3H3. The summed E-state index contributed by atoms with van der Waals surface area (Å²) in [6, 6.07) is 13.1. The van der Waals surface area contributed by atoms with Gasteiger partial charge in [-0.2, -0.15) is 0 Å². The Kier molecular flexibility index (Phi) is 5.93. The molecule has 0 spiro atoms. The number of likely N-dealkylation sites (tertiary alicyclic amines) is 1. The zero-order valence-corrected chi connectivity index (χ0v) is 17.2. The van der Waals surface area contributed by atoms with E-state index in [-0.39, 0.29) is 22.9 Å². The average molecular weight is 403 g/mol. The van der Waals surface area contributed by atoms with Crippen molar-refractivity contribution in [2.24, 2.45) is 0 Å². The van der Waals surface area contributed by atoms with Crippen LogP contribution in [0.1, 0.15) is 43.5 Å². The second-order valence-corrected chi connectivity index (χ2v) is 8.89. The van der Waals surface area contributed by atoms with Gasteiger partial charge in [-0.1, -0.05) is 6.07 Å². The first-order valence-electron chi connectivity index (χ1n) is 9.41. The van der Waals surface area contributed by atoms with E-state index in [1.807, 2.05) is 18.7 Å². The molecule has 28 heavy (non-hydrogen) atoms. The lowest BCUT2D eigenvalue weighted by atomic mass is 9.96. The second kappa shape index (κ2) is 8.22. The molecule has 0 aliphatic carbocycles. The number of rotatable bonds is 5. The van der Waals surface area contributed by atoms with Crippen molar-refractivity contribution in [3.05, 3.63) is 54.1 Å². The van der Waals surface area contributed by atoms with Gasteiger partial charge in [0.15, 0.2) is 0 Å². The molecule has 6 nitrogen and oxygen atoms in total. The van der Waals surface area contributed by atoms with Crippen LogP contribution >= 0.6 is 0 Å². The van der Waals surface area contributed by atoms with Crippen LogP contribution in [0.5, 0.6) is 5.75 Å². The van der Waals surface area contributed by atoms with E-state index in [2.05, 4.69) is 4.72 Å². The number of anilines is 1. The maximum Gasteiger partial charge on any atom is 0.261 e. The lowest BCUT2D eigenvalue weighted by molar-refractivity contribution is 0.0510. The number of nitrogens with one attached hydrogen (secondary N) is 1. The Morgan fingerprint density at radius 2 is 1.71 bits per heavy atom. The number of carbonyl (C=O) groups is 1. The molecule has 1 fully saturated rings. The third-order valence-electron chi connectivity index (χ3n) is 5.16. The fourth-order valence-electron chi connectivity index (χ4n) is 3.64. The number of piperidine rings is 1. The van der Waals surface area contributed by atoms with Gasteiger partial charge in [-0.3, -0.25) is 9.52 Å². The Hall–Kier alpha value is -2.54. The van der Waals surface area contributed by atoms with Crippen molar-refractivity contribution in [1.29, 1.82) is 0 Å². The number of carbonyl (C=O) groups excluding carboxylic acids is 1. The quantitative estimate of drug-likeness (QED) is 0.823. The molecule has 1 aliphatic heterocycles. The fourth-order valence-corrected chi connectivity index (χ4v) is 4.74. The third kappa shape index (κ3) is 4.30. The highest BCUT2D eigenvalue weighted by atomic mass is 32.2. The summed E-state index contributed by atoms with van der Waals surface area (Å²) in [5, 5.41) is 0. The number of ether oxygens (including phenoxy) is 1. The fraction of sp³-hybridized carbons (Fsp3) is 0.381. The van der Waals surface area contributed by atoms with Gasteiger partial charge in [-0.05, 0) is 75.6 Å². The highest BCUT2D eigenvalue weighted by molar-refractivity contribution is 7.92. The van der Waals surface area contributed by atoms with E-state index in [9.17, 15) is 13.2 Å². The second-order valence-electron chi connectivity index (χ2n) is 7.20. The van der Waals surface area contributed by atoms with Crippen molar-refractivity contribution in [3.63, 3.8) is 0 Å². The summed E-state index contributed by atoms with van der Waals surface area (Å²) in [4.78, 5) is 15.0. The van der Waals surface area contributed by atoms with Gasteiger partial charge in [0.25, 0.3) is 15.9 Å². The summed E-state index contributed by atoms with van der Waals surface area (Å²) in [6.45, 7) is 4.08. The molecule has 2 aromatic carbocycles. The van der Waals surface area contributed by atoms with Crippen LogP contribution in [0.4, 0.5) is 5.69 Å². The number of hydrogen-bond acceptors (Lipinski definition) is 4. The Morgan fingerprint density at radius 1 is 1.07 bits per heavy atom. The summed E-state index contributed by atoms with van der Waals surface area (Å²) in [5.41, 5.74) is 0.814. The minimum absolute atomic E-state index is 0.0616. The number of hydrogen-bond donors (Lipinski definition) is 1. The molecule has 1 aliphatic rings. The van der Waals surface area contributed by atoms with E-state index in [0.717, 1.165) is 19.3 Å². The van der Waals surface area contributed by atoms with Crippen LogP contribution in [0.2, 0.25) is 0 Å². The third-order valence-corrected chi connectivity index (χ3v) is 6.54. The lowest BCUT2D eigenvalue weighted by Crippen LogP contribution is -2.47. The van der Waals surface area contributed by atoms with Crippen LogP contribution in [0.15, 0.2) is 53.4 Å². The van der Waals surface area contributed by atoms with E-state index in [4.69, 9.17) is 4.74 Å². The summed E-state index contributed by atoms with van der Waals surface area (Å²) in [6.07, 6.45) is 3.03. The minimum Gasteiger partial charge on any atom is -0.497 e. The van der Waals surface area contributed by atoms with Gasteiger partial charge in [0.1, 0.15) is 5.75 Å². The molecular formula is C21H26N2O4S. The van der Waals surface area contributed by atoms with E-state index in [1.54, 1.807) is 43.5 Å². The van der Waals surface area contributed by atoms with Crippen LogP contribution in [0.3, 0.4) is 0 Å². The topological polar surface area (TPSA) is 75.7 Å². The lowest BCUT2D eigenvalue weighted by Gasteiger charge is -2.39. The van der Waals surface area contributed by atoms with Crippen molar-refractivity contribution in [3.8, 4) is 5.75 Å². The minimum atomic E-state index is -3.81. The van der Waals surface area contributed by atoms with Crippen molar-refractivity contribution in [2.45, 2.75) is 50.1 Å². The molecule has 7 heteroatoms. The molecule has 1 saturated heterocycles. The van der Waals surface area contributed by atoms with Gasteiger partial charge < -0.3 is 9.64 Å². The van der Waals surface area contributed by atoms with Crippen molar-refractivity contribution in [1.82, 2.24) is 4.90 Å². The summed E-state index contributed by atoms with van der Waals surface area (Å²) < 4.78 is 33.2. The maximum absolute atomic E-state index is 13.0. The Bertz CT molecular complexity index is 931. The molecule has 2 atom stereocenters. The molecule has 0 aromatic heterocycles. The normalized spacial score (nSPS) is 19.9. The van der Waals surface area contributed by atoms with Gasteiger partial charge in [-0.15, -0.1) is 0 Å². The van der Waals surface area contributed by atoms with E-state index in [0.29, 0.717) is 17.0 Å². The Balaban J connectivity index is 1.84. The molecule has 1 heterocycles. The van der Waals surface area contributed by atoms with Gasteiger partial charge in [-0.25, -0.2) is 8.42 Å². The first-order valence-corrected chi connectivity index (χ1v) is 10.9. The molecule has 2 unspecified atom stereocenters. The Labute approximate surface area is 166 Å². The maximum atomic E-state index is 13.0. The van der Waals surface area contributed by atoms with Crippen molar-refractivity contribution >= 4 is 21.6 Å². The predicted molar refractivity (Wildman–Crippen MR) is 109 cm³/mol. The van der Waals surface area contributed by atoms with Crippen LogP contribution in [-0.4, -0.2) is 38.4 Å². The zero-order chi connectivity index (χ0) is 20.3. The molecule has 2 aromatic rings. The molecule has 1 amide bonds. The number of amides is 1. The SMILES string of the molecule is COc1ccc(NS(=O)(=O)c2cccc(C(=O)N3C(C)CCCC3C)c2)cc1. The van der Waals surface area contributed by atoms with E-state index >= 15 is 0 Å². The van der Waals surface area contributed by atoms with Gasteiger partial charge in [0, 0.05) is 23.3 Å². The molecule has 3 rings (SSSR count). The molecule has 1 N–H and O–H groups in total. The number of nitrogens with zero attached hydrogens (tertiary/aromatic N) is 1. The van der Waals surface area contributed by atoms with Gasteiger partial charge in [0.05, 0.1) is 12.0 Å². The first kappa shape index (κ1) is 20.2. The van der Waals surface area contributed by atoms with Crippen LogP contribution in [0.25, 0.3) is 0 Å². The highest BCUT2D eigenvalue weighted by Crippen LogP contribution is 2.26. The predicted octanol–water partition coefficient (Wildman–Crippen LogP) is 3.90. The largest absolute Gasteiger partial charge is 0.497 e. The summed E-state index contributed by atoms with van der Waals surface area (Å²) in [7, 11) is -2.26. The molecule has 150 valence electrons. The smallest absolute Gasteiger partial charge is 0.261 e. The summed E-state index contributed by atoms with van der Waals surface area (Å²) >= 11 is 0. The number of benzene rings is 2. The van der Waals surface area contributed by atoms with Crippen molar-refractivity contribution < 1.29 is 17.9 Å². The van der Waals surface area contributed by atoms with E-state index in [1.165, 1.54) is 12.1 Å². The number of sulfonamides is 1. The van der Waals surface area contributed by atoms with Crippen LogP contribution < -0.4 is 9.46 Å². The summed E-state index contributed by atoms with van der Waals surface area (Å²) in [5.74, 6) is 0.515. The molecule has 0 radical (unpaired) electrons. The van der Waals surface area contributed by atoms with Gasteiger partial charge >= 0.3 is 0 Å². The van der Waals surface area contributed by atoms with Crippen LogP contribution in [0, 0.1) is 0 Å². The highest BCUT2D eigenvalue weighted by Gasteiger charge is 2.30. The Morgan fingerprint density at radius 3 is 2.32 bits per heavy atom.